The number of hydrogen-bond acceptors (Lipinski definition) is 7. The fourth-order valence-electron chi connectivity index (χ4n) is 3.51. The second-order valence-corrected chi connectivity index (χ2v) is 8.47. The van der Waals surface area contributed by atoms with Crippen LogP contribution in [-0.2, 0) is 4.79 Å². The second kappa shape index (κ2) is 10.9. The third kappa shape index (κ3) is 5.36. The van der Waals surface area contributed by atoms with Crippen molar-refractivity contribution in [3.63, 3.8) is 0 Å². The molecule has 1 N–H and O–H groups in total. The van der Waals surface area contributed by atoms with Gasteiger partial charge in [0.2, 0.25) is 0 Å². The highest BCUT2D eigenvalue weighted by Gasteiger charge is 2.16. The molecule has 0 saturated carbocycles. The summed E-state index contributed by atoms with van der Waals surface area (Å²) in [6.45, 7) is 1.93. The molecule has 178 valence electrons. The van der Waals surface area contributed by atoms with Crippen molar-refractivity contribution in [1.82, 2.24) is 15.0 Å². The summed E-state index contributed by atoms with van der Waals surface area (Å²) >= 11 is 1.17. The first-order valence-corrected chi connectivity index (χ1v) is 11.7. The van der Waals surface area contributed by atoms with Crippen LogP contribution in [0.2, 0.25) is 0 Å². The number of thioether (sulfide) groups is 1. The van der Waals surface area contributed by atoms with Crippen LogP contribution in [0.5, 0.6) is 11.5 Å². The van der Waals surface area contributed by atoms with Crippen molar-refractivity contribution in [1.29, 1.82) is 0 Å². The van der Waals surface area contributed by atoms with Gasteiger partial charge in [-0.15, -0.1) is 0 Å². The number of nitrogens with zero attached hydrogens (tertiary/aromatic N) is 3. The zero-order valence-corrected chi connectivity index (χ0v) is 20.3. The van der Waals surface area contributed by atoms with E-state index in [-0.39, 0.29) is 17.2 Å². The molecule has 0 aliphatic heterocycles. The van der Waals surface area contributed by atoms with E-state index in [1.807, 2.05) is 43.3 Å². The molecule has 0 atom stereocenters. The van der Waals surface area contributed by atoms with E-state index in [1.54, 1.807) is 49.1 Å². The second-order valence-electron chi connectivity index (χ2n) is 7.53. The summed E-state index contributed by atoms with van der Waals surface area (Å²) < 4.78 is 12.1. The summed E-state index contributed by atoms with van der Waals surface area (Å²) in [5, 5.41) is 4.98. The summed E-state index contributed by atoms with van der Waals surface area (Å²) in [4.78, 5) is 30.6. The Morgan fingerprint density at radius 2 is 1.86 bits per heavy atom. The number of ether oxygens (including phenoxy) is 2. The zero-order chi connectivity index (χ0) is 24.8. The van der Waals surface area contributed by atoms with Crippen LogP contribution in [0.1, 0.15) is 11.1 Å². The van der Waals surface area contributed by atoms with Crippen molar-refractivity contribution < 1.29 is 14.3 Å². The van der Waals surface area contributed by atoms with Crippen molar-refractivity contribution in [3.05, 3.63) is 88.2 Å². The van der Waals surface area contributed by atoms with E-state index in [0.29, 0.717) is 33.1 Å². The Hall–Kier alpha value is -4.11. The van der Waals surface area contributed by atoms with Gasteiger partial charge in [-0.1, -0.05) is 42.1 Å². The number of benzene rings is 3. The van der Waals surface area contributed by atoms with Crippen LogP contribution in [0, 0.1) is 6.92 Å². The fourth-order valence-corrected chi connectivity index (χ4v) is 4.31. The lowest BCUT2D eigenvalue weighted by atomic mass is 10.2. The molecule has 0 saturated heterocycles. The molecule has 0 fully saturated rings. The lowest BCUT2D eigenvalue weighted by molar-refractivity contribution is -0.118. The molecule has 1 heterocycles. The molecule has 0 unspecified atom stereocenters. The van der Waals surface area contributed by atoms with Crippen molar-refractivity contribution in [2.75, 3.05) is 20.0 Å². The number of hydrazone groups is 1. The van der Waals surface area contributed by atoms with E-state index in [4.69, 9.17) is 9.47 Å². The Kier molecular flexibility index (Phi) is 7.47. The Morgan fingerprint density at radius 1 is 1.09 bits per heavy atom. The van der Waals surface area contributed by atoms with E-state index in [9.17, 15) is 9.59 Å². The molecule has 4 aromatic rings. The van der Waals surface area contributed by atoms with E-state index >= 15 is 0 Å². The summed E-state index contributed by atoms with van der Waals surface area (Å²) in [7, 11) is 3.12. The predicted octanol–water partition coefficient (Wildman–Crippen LogP) is 3.95. The third-order valence-electron chi connectivity index (χ3n) is 5.26. The highest BCUT2D eigenvalue weighted by atomic mass is 32.2. The minimum Gasteiger partial charge on any atom is -0.497 e. The van der Waals surface area contributed by atoms with Gasteiger partial charge < -0.3 is 9.47 Å². The number of nitrogens with one attached hydrogen (secondary N) is 1. The number of hydrogen-bond donors (Lipinski definition) is 1. The predicted molar refractivity (Wildman–Crippen MR) is 138 cm³/mol. The molecule has 3 aromatic carbocycles. The molecular weight excluding hydrogens is 464 g/mol. The van der Waals surface area contributed by atoms with E-state index in [0.717, 1.165) is 11.3 Å². The van der Waals surface area contributed by atoms with Gasteiger partial charge in [0.25, 0.3) is 11.5 Å². The van der Waals surface area contributed by atoms with Crippen LogP contribution < -0.4 is 20.5 Å². The molecule has 0 aliphatic carbocycles. The lowest BCUT2D eigenvalue weighted by Gasteiger charge is -2.14. The molecule has 1 amide bonds. The topological polar surface area (TPSA) is 94.8 Å². The number of carbonyl (C=O) groups is 1. The van der Waals surface area contributed by atoms with Crippen LogP contribution in [-0.4, -0.2) is 41.6 Å². The number of methoxy groups -OCH3 is 2. The molecule has 0 aliphatic rings. The first-order valence-electron chi connectivity index (χ1n) is 10.8. The van der Waals surface area contributed by atoms with Gasteiger partial charge >= 0.3 is 0 Å². The normalized spacial score (nSPS) is 11.1. The minimum absolute atomic E-state index is 0.0171. The van der Waals surface area contributed by atoms with Gasteiger partial charge in [0.05, 0.1) is 42.8 Å². The SMILES string of the molecule is COc1ccc(OC)c(C=NNC(=O)CSc2nc3ccccc3c(=O)n2-c2ccccc2C)c1. The molecule has 35 heavy (non-hydrogen) atoms. The van der Waals surface area contributed by atoms with Crippen molar-refractivity contribution in [2.45, 2.75) is 12.1 Å². The number of aromatic nitrogens is 2. The van der Waals surface area contributed by atoms with Crippen LogP contribution in [0.15, 0.2) is 81.8 Å². The largest absolute Gasteiger partial charge is 0.497 e. The van der Waals surface area contributed by atoms with Crippen molar-refractivity contribution >= 4 is 34.8 Å². The maximum Gasteiger partial charge on any atom is 0.266 e. The maximum absolute atomic E-state index is 13.4. The quantitative estimate of drug-likeness (QED) is 0.175. The van der Waals surface area contributed by atoms with Crippen LogP contribution in [0.4, 0.5) is 0 Å². The van der Waals surface area contributed by atoms with Gasteiger partial charge in [-0.25, -0.2) is 10.4 Å². The minimum atomic E-state index is -0.341. The van der Waals surface area contributed by atoms with Crippen LogP contribution in [0.25, 0.3) is 16.6 Å². The van der Waals surface area contributed by atoms with E-state index < -0.39 is 0 Å². The first-order chi connectivity index (χ1) is 17.0. The number of fused-ring (bicyclic) bond motifs is 1. The van der Waals surface area contributed by atoms with Gasteiger partial charge in [0, 0.05) is 5.56 Å². The highest BCUT2D eigenvalue weighted by Crippen LogP contribution is 2.24. The fraction of sp³-hybridized carbons (Fsp3) is 0.154. The molecule has 8 nitrogen and oxygen atoms in total. The maximum atomic E-state index is 13.4. The smallest absolute Gasteiger partial charge is 0.266 e. The van der Waals surface area contributed by atoms with Gasteiger partial charge in [-0.2, -0.15) is 5.10 Å². The number of rotatable bonds is 8. The Morgan fingerprint density at radius 3 is 2.63 bits per heavy atom. The molecule has 0 radical (unpaired) electrons. The molecule has 0 bridgehead atoms. The average molecular weight is 489 g/mol. The van der Waals surface area contributed by atoms with Crippen LogP contribution in [0.3, 0.4) is 0 Å². The summed E-state index contributed by atoms with van der Waals surface area (Å²) in [5.74, 6) is 0.918. The molecule has 9 heteroatoms. The molecular formula is C26H24N4O4S. The zero-order valence-electron chi connectivity index (χ0n) is 19.5. The van der Waals surface area contributed by atoms with Gasteiger partial charge in [-0.3, -0.25) is 14.2 Å². The van der Waals surface area contributed by atoms with Crippen molar-refractivity contribution in [3.8, 4) is 17.2 Å². The number of amides is 1. The van der Waals surface area contributed by atoms with Gasteiger partial charge in [0.1, 0.15) is 11.5 Å². The standard InChI is InChI=1S/C26H24N4O4S/c1-17-8-4-7-11-22(17)30-25(32)20-9-5-6-10-21(20)28-26(30)35-16-24(31)29-27-15-18-14-19(33-2)12-13-23(18)34-3/h4-15H,16H2,1-3H3,(H,29,31). The Balaban J connectivity index is 1.56. The average Bonchev–Trinajstić information content (AvgIpc) is 2.88. The summed E-state index contributed by atoms with van der Waals surface area (Å²) in [6.07, 6.45) is 1.49. The first kappa shape index (κ1) is 24.0. The number of para-hydroxylation sites is 2. The summed E-state index contributed by atoms with van der Waals surface area (Å²) in [6, 6.07) is 20.0. The molecule has 1 aromatic heterocycles. The van der Waals surface area contributed by atoms with E-state index in [2.05, 4.69) is 15.5 Å². The molecule has 4 rings (SSSR count). The van der Waals surface area contributed by atoms with Crippen LogP contribution >= 0.6 is 11.8 Å². The Bertz CT molecular complexity index is 1470. The van der Waals surface area contributed by atoms with E-state index in [1.165, 1.54) is 18.0 Å². The number of aryl methyl sites for hydroxylation is 1. The Labute approximate surface area is 206 Å². The third-order valence-corrected chi connectivity index (χ3v) is 6.20. The van der Waals surface area contributed by atoms with Gasteiger partial charge in [-0.05, 0) is 48.9 Å². The molecule has 0 spiro atoms. The summed E-state index contributed by atoms with van der Waals surface area (Å²) in [5.41, 5.74) is 5.21. The van der Waals surface area contributed by atoms with Gasteiger partial charge in [0.15, 0.2) is 5.16 Å². The van der Waals surface area contributed by atoms with Crippen molar-refractivity contribution in [2.24, 2.45) is 5.10 Å². The highest BCUT2D eigenvalue weighted by molar-refractivity contribution is 7.99. The lowest BCUT2D eigenvalue weighted by Crippen LogP contribution is -2.24. The number of carbonyl (C=O) groups excluding carboxylic acids is 1. The monoisotopic (exact) mass is 488 g/mol.